The number of hydrogen-bond acceptors (Lipinski definition) is 2. The molecule has 0 amide bonds. The lowest BCUT2D eigenvalue weighted by atomic mass is 10.0. The second-order valence-corrected chi connectivity index (χ2v) is 5.68. The van der Waals surface area contributed by atoms with Gasteiger partial charge in [0.05, 0.1) is 17.1 Å². The number of nitrogens with zero attached hydrogens (tertiary/aromatic N) is 2. The highest BCUT2D eigenvalue weighted by Gasteiger charge is 2.23. The molecule has 0 aliphatic carbocycles. The zero-order valence-electron chi connectivity index (χ0n) is 13.4. The number of carboxylic acid groups (broad SMARTS) is 1. The Hall–Kier alpha value is -2.88. The highest BCUT2D eigenvalue weighted by Crippen LogP contribution is 2.30. The Morgan fingerprint density at radius 2 is 1.65 bits per heavy atom. The minimum absolute atomic E-state index is 0.247. The van der Waals surface area contributed by atoms with E-state index in [0.29, 0.717) is 11.4 Å². The van der Waals surface area contributed by atoms with Gasteiger partial charge in [-0.25, -0.2) is 9.48 Å². The van der Waals surface area contributed by atoms with E-state index in [1.165, 1.54) is 0 Å². The molecule has 0 radical (unpaired) electrons. The van der Waals surface area contributed by atoms with E-state index in [1.54, 1.807) is 11.6 Å². The van der Waals surface area contributed by atoms with Gasteiger partial charge < -0.3 is 5.11 Å². The SMILES string of the molecule is Cc1ccc(-c2c(C(=O)O)c(C)nn2-c2ccccc2C)cc1. The van der Waals surface area contributed by atoms with Crippen molar-refractivity contribution in [3.05, 3.63) is 70.9 Å². The lowest BCUT2D eigenvalue weighted by Crippen LogP contribution is -2.04. The summed E-state index contributed by atoms with van der Waals surface area (Å²) in [4.78, 5) is 11.8. The third kappa shape index (κ3) is 2.63. The van der Waals surface area contributed by atoms with Crippen LogP contribution in [0.1, 0.15) is 27.2 Å². The average Bonchev–Trinajstić information content (AvgIpc) is 2.86. The number of aromatic carboxylic acids is 1. The topological polar surface area (TPSA) is 55.1 Å². The number of carbonyl (C=O) groups is 1. The number of benzene rings is 2. The van der Waals surface area contributed by atoms with Crippen LogP contribution in [0.3, 0.4) is 0 Å². The van der Waals surface area contributed by atoms with Crippen LogP contribution in [0, 0.1) is 20.8 Å². The van der Waals surface area contributed by atoms with E-state index in [1.807, 2.05) is 62.4 Å². The summed E-state index contributed by atoms with van der Waals surface area (Å²) in [6.45, 7) is 5.73. The molecule has 0 bridgehead atoms. The van der Waals surface area contributed by atoms with Crippen molar-refractivity contribution in [2.75, 3.05) is 0 Å². The smallest absolute Gasteiger partial charge is 0.339 e. The second-order valence-electron chi connectivity index (χ2n) is 5.68. The Labute approximate surface area is 135 Å². The van der Waals surface area contributed by atoms with Crippen molar-refractivity contribution in [2.24, 2.45) is 0 Å². The molecular weight excluding hydrogens is 288 g/mol. The van der Waals surface area contributed by atoms with Gasteiger partial charge in [0.25, 0.3) is 0 Å². The van der Waals surface area contributed by atoms with Gasteiger partial charge in [0.15, 0.2) is 0 Å². The average molecular weight is 306 g/mol. The van der Waals surface area contributed by atoms with Crippen LogP contribution in [0.5, 0.6) is 0 Å². The van der Waals surface area contributed by atoms with E-state index in [4.69, 9.17) is 0 Å². The normalized spacial score (nSPS) is 10.7. The van der Waals surface area contributed by atoms with Crippen LogP contribution in [-0.2, 0) is 0 Å². The third-order valence-corrected chi connectivity index (χ3v) is 3.94. The molecule has 0 aliphatic heterocycles. The van der Waals surface area contributed by atoms with Gasteiger partial charge in [0.1, 0.15) is 5.56 Å². The van der Waals surface area contributed by atoms with Gasteiger partial charge in [0, 0.05) is 5.56 Å². The Balaban J connectivity index is 2.33. The zero-order valence-corrected chi connectivity index (χ0v) is 13.4. The summed E-state index contributed by atoms with van der Waals surface area (Å²) >= 11 is 0. The van der Waals surface area contributed by atoms with Crippen LogP contribution in [0.2, 0.25) is 0 Å². The molecular formula is C19H18N2O2. The van der Waals surface area contributed by atoms with E-state index in [2.05, 4.69) is 5.10 Å². The molecule has 3 aromatic rings. The first kappa shape index (κ1) is 15.0. The van der Waals surface area contributed by atoms with Crippen molar-refractivity contribution >= 4 is 5.97 Å². The Kier molecular flexibility index (Phi) is 3.74. The Morgan fingerprint density at radius 1 is 1.00 bits per heavy atom. The van der Waals surface area contributed by atoms with Crippen LogP contribution >= 0.6 is 0 Å². The summed E-state index contributed by atoms with van der Waals surface area (Å²) in [5, 5.41) is 14.1. The molecule has 116 valence electrons. The maximum absolute atomic E-state index is 11.8. The van der Waals surface area contributed by atoms with E-state index in [9.17, 15) is 9.90 Å². The summed E-state index contributed by atoms with van der Waals surface area (Å²) in [5.74, 6) is -0.960. The number of hydrogen-bond donors (Lipinski definition) is 1. The molecule has 0 aliphatic rings. The van der Waals surface area contributed by atoms with Gasteiger partial charge in [-0.05, 0) is 32.4 Å². The molecule has 2 aromatic carbocycles. The lowest BCUT2D eigenvalue weighted by Gasteiger charge is -2.11. The molecule has 4 nitrogen and oxygen atoms in total. The van der Waals surface area contributed by atoms with Crippen LogP contribution in [0.15, 0.2) is 48.5 Å². The minimum Gasteiger partial charge on any atom is -0.478 e. The second kappa shape index (κ2) is 5.72. The van der Waals surface area contributed by atoms with E-state index in [-0.39, 0.29) is 5.56 Å². The predicted molar refractivity (Wildman–Crippen MR) is 90.2 cm³/mol. The van der Waals surface area contributed by atoms with Gasteiger partial charge in [-0.15, -0.1) is 0 Å². The van der Waals surface area contributed by atoms with Gasteiger partial charge in [-0.2, -0.15) is 5.10 Å². The number of aromatic nitrogens is 2. The standard InChI is InChI=1S/C19H18N2O2/c1-12-8-10-15(11-9-12)18-17(19(22)23)14(3)20-21(18)16-7-5-4-6-13(16)2/h4-11H,1-3H3,(H,22,23). The molecule has 0 spiro atoms. The monoisotopic (exact) mass is 306 g/mol. The fourth-order valence-corrected chi connectivity index (χ4v) is 2.74. The summed E-state index contributed by atoms with van der Waals surface area (Å²) in [7, 11) is 0. The number of carboxylic acids is 1. The van der Waals surface area contributed by atoms with Crippen molar-refractivity contribution in [3.8, 4) is 16.9 Å². The summed E-state index contributed by atoms with van der Waals surface area (Å²) in [5.41, 5.74) is 5.28. The van der Waals surface area contributed by atoms with Crippen molar-refractivity contribution in [3.63, 3.8) is 0 Å². The molecule has 0 atom stereocenters. The van der Waals surface area contributed by atoms with E-state index in [0.717, 1.165) is 22.4 Å². The molecule has 0 fully saturated rings. The van der Waals surface area contributed by atoms with Gasteiger partial charge in [0.2, 0.25) is 0 Å². The van der Waals surface area contributed by atoms with E-state index >= 15 is 0 Å². The van der Waals surface area contributed by atoms with Gasteiger partial charge in [-0.3, -0.25) is 0 Å². The van der Waals surface area contributed by atoms with Crippen LogP contribution in [-0.4, -0.2) is 20.9 Å². The minimum atomic E-state index is -0.960. The summed E-state index contributed by atoms with van der Waals surface area (Å²) < 4.78 is 1.73. The first-order chi connectivity index (χ1) is 11.0. The van der Waals surface area contributed by atoms with Crippen LogP contribution in [0.4, 0.5) is 0 Å². The summed E-state index contributed by atoms with van der Waals surface area (Å²) in [6, 6.07) is 15.7. The van der Waals surface area contributed by atoms with E-state index < -0.39 is 5.97 Å². The molecule has 0 unspecified atom stereocenters. The van der Waals surface area contributed by atoms with Crippen LogP contribution in [0.25, 0.3) is 16.9 Å². The number of para-hydroxylation sites is 1. The fraction of sp³-hybridized carbons (Fsp3) is 0.158. The van der Waals surface area contributed by atoms with Crippen molar-refractivity contribution in [2.45, 2.75) is 20.8 Å². The van der Waals surface area contributed by atoms with Crippen molar-refractivity contribution in [1.82, 2.24) is 9.78 Å². The molecule has 1 N–H and O–H groups in total. The van der Waals surface area contributed by atoms with Crippen molar-refractivity contribution < 1.29 is 9.90 Å². The largest absolute Gasteiger partial charge is 0.478 e. The molecule has 1 heterocycles. The maximum atomic E-state index is 11.8. The molecule has 23 heavy (non-hydrogen) atoms. The highest BCUT2D eigenvalue weighted by atomic mass is 16.4. The molecule has 4 heteroatoms. The Bertz CT molecular complexity index is 877. The quantitative estimate of drug-likeness (QED) is 0.790. The maximum Gasteiger partial charge on any atom is 0.339 e. The predicted octanol–water partition coefficient (Wildman–Crippen LogP) is 4.16. The van der Waals surface area contributed by atoms with Gasteiger partial charge in [-0.1, -0.05) is 48.0 Å². The lowest BCUT2D eigenvalue weighted by molar-refractivity contribution is 0.0697. The molecule has 3 rings (SSSR count). The van der Waals surface area contributed by atoms with Crippen LogP contribution < -0.4 is 0 Å². The summed E-state index contributed by atoms with van der Waals surface area (Å²) in [6.07, 6.45) is 0. The van der Waals surface area contributed by atoms with Crippen molar-refractivity contribution in [1.29, 1.82) is 0 Å². The Morgan fingerprint density at radius 3 is 2.26 bits per heavy atom. The molecule has 0 saturated carbocycles. The zero-order chi connectivity index (χ0) is 16.6. The first-order valence-electron chi connectivity index (χ1n) is 7.45. The first-order valence-corrected chi connectivity index (χ1v) is 7.45. The highest BCUT2D eigenvalue weighted by molar-refractivity contribution is 5.96. The number of rotatable bonds is 3. The fourth-order valence-electron chi connectivity index (χ4n) is 2.74. The third-order valence-electron chi connectivity index (χ3n) is 3.94. The van der Waals surface area contributed by atoms with Gasteiger partial charge >= 0.3 is 5.97 Å². The molecule has 1 aromatic heterocycles. The molecule has 0 saturated heterocycles. The number of aryl methyl sites for hydroxylation is 3.